The van der Waals surface area contributed by atoms with Crippen molar-refractivity contribution in [1.29, 1.82) is 0 Å². The Hall–Kier alpha value is -1.38. The first kappa shape index (κ1) is 21.8. The zero-order valence-corrected chi connectivity index (χ0v) is 18.9. The van der Waals surface area contributed by atoms with Crippen LogP contribution < -0.4 is 4.74 Å². The number of nitrogens with zero attached hydrogens (tertiary/aromatic N) is 3. The molecule has 4 rings (SSSR count). The van der Waals surface area contributed by atoms with Gasteiger partial charge in [0.15, 0.2) is 0 Å². The maximum absolute atomic E-state index is 13.1. The standard InChI is InChI=1S/C21H25Cl2N3O3S/c22-19-2-1-3-20(23)21(19)30(27,28)26-14-6-16(7-15-26)25-12-8-18(9-13-25)29-17-4-10-24-11-5-17/h1-5,10-11,16,18H,6-9,12-15H2. The molecule has 0 atom stereocenters. The van der Waals surface area contributed by atoms with E-state index in [9.17, 15) is 8.42 Å². The number of halogens is 2. The van der Waals surface area contributed by atoms with Crippen molar-refractivity contribution in [3.8, 4) is 5.75 Å². The summed E-state index contributed by atoms with van der Waals surface area (Å²) in [7, 11) is -3.70. The number of hydrogen-bond donors (Lipinski definition) is 0. The van der Waals surface area contributed by atoms with Crippen LogP contribution in [0.1, 0.15) is 25.7 Å². The fourth-order valence-electron chi connectivity index (χ4n) is 4.27. The molecule has 30 heavy (non-hydrogen) atoms. The Labute approximate surface area is 187 Å². The van der Waals surface area contributed by atoms with Crippen LogP contribution >= 0.6 is 23.2 Å². The minimum absolute atomic E-state index is 0.0147. The van der Waals surface area contributed by atoms with Gasteiger partial charge in [-0.1, -0.05) is 29.3 Å². The Morgan fingerprint density at radius 1 is 0.900 bits per heavy atom. The van der Waals surface area contributed by atoms with E-state index in [1.165, 1.54) is 4.31 Å². The number of rotatable bonds is 5. The highest BCUT2D eigenvalue weighted by atomic mass is 35.5. The van der Waals surface area contributed by atoms with E-state index in [0.717, 1.165) is 44.5 Å². The molecule has 1 aromatic heterocycles. The van der Waals surface area contributed by atoms with Crippen LogP contribution in [0.25, 0.3) is 0 Å². The third-order valence-corrected chi connectivity index (χ3v) is 8.74. The number of pyridine rings is 1. The van der Waals surface area contributed by atoms with E-state index in [-0.39, 0.29) is 21.0 Å². The maximum Gasteiger partial charge on any atom is 0.246 e. The Morgan fingerprint density at radius 3 is 2.10 bits per heavy atom. The van der Waals surface area contributed by atoms with Gasteiger partial charge in [0.2, 0.25) is 10.0 Å². The summed E-state index contributed by atoms with van der Waals surface area (Å²) in [6, 6.07) is 8.93. The minimum Gasteiger partial charge on any atom is -0.490 e. The zero-order valence-electron chi connectivity index (χ0n) is 16.6. The van der Waals surface area contributed by atoms with Crippen molar-refractivity contribution in [2.24, 2.45) is 0 Å². The van der Waals surface area contributed by atoms with E-state index < -0.39 is 10.0 Å². The zero-order chi connectivity index (χ0) is 21.1. The van der Waals surface area contributed by atoms with Crippen LogP contribution in [0, 0.1) is 0 Å². The highest BCUT2D eigenvalue weighted by molar-refractivity contribution is 7.89. The van der Waals surface area contributed by atoms with Gasteiger partial charge in [-0.15, -0.1) is 0 Å². The van der Waals surface area contributed by atoms with E-state index >= 15 is 0 Å². The third-order valence-electron chi connectivity index (χ3n) is 5.89. The van der Waals surface area contributed by atoms with E-state index in [1.807, 2.05) is 12.1 Å². The molecule has 0 bridgehead atoms. The topological polar surface area (TPSA) is 62.7 Å². The van der Waals surface area contributed by atoms with E-state index in [0.29, 0.717) is 19.1 Å². The smallest absolute Gasteiger partial charge is 0.246 e. The fraction of sp³-hybridized carbons (Fsp3) is 0.476. The molecular formula is C21H25Cl2N3O3S. The SMILES string of the molecule is O=S(=O)(c1c(Cl)cccc1Cl)N1CCC(N2CCC(Oc3ccncc3)CC2)CC1. The lowest BCUT2D eigenvalue weighted by Gasteiger charge is -2.41. The molecular weight excluding hydrogens is 445 g/mol. The summed E-state index contributed by atoms with van der Waals surface area (Å²) in [5, 5.41) is 0.335. The molecule has 2 aromatic rings. The first-order chi connectivity index (χ1) is 14.4. The van der Waals surface area contributed by atoms with Gasteiger partial charge in [0.1, 0.15) is 16.7 Å². The molecule has 1 aromatic carbocycles. The summed E-state index contributed by atoms with van der Waals surface area (Å²) in [6.45, 7) is 2.87. The Balaban J connectivity index is 1.31. The van der Waals surface area contributed by atoms with Gasteiger partial charge in [-0.25, -0.2) is 8.42 Å². The van der Waals surface area contributed by atoms with Crippen molar-refractivity contribution in [2.75, 3.05) is 26.2 Å². The summed E-state index contributed by atoms with van der Waals surface area (Å²) >= 11 is 12.3. The lowest BCUT2D eigenvalue weighted by Crippen LogP contribution is -2.50. The molecule has 3 heterocycles. The molecule has 162 valence electrons. The number of piperidine rings is 2. The normalized spacial score (nSPS) is 20.3. The molecule has 2 saturated heterocycles. The molecule has 0 spiro atoms. The van der Waals surface area contributed by atoms with Crippen molar-refractivity contribution < 1.29 is 13.2 Å². The van der Waals surface area contributed by atoms with Gasteiger partial charge in [-0.05, 0) is 49.9 Å². The van der Waals surface area contributed by atoms with Crippen LogP contribution in [0.4, 0.5) is 0 Å². The summed E-state index contributed by atoms with van der Waals surface area (Å²) in [5.74, 6) is 0.861. The molecule has 2 fully saturated rings. The second kappa shape index (κ2) is 9.40. The fourth-order valence-corrected chi connectivity index (χ4v) is 6.83. The monoisotopic (exact) mass is 469 g/mol. The van der Waals surface area contributed by atoms with Gasteiger partial charge >= 0.3 is 0 Å². The highest BCUT2D eigenvalue weighted by Crippen LogP contribution is 2.33. The van der Waals surface area contributed by atoms with Crippen molar-refractivity contribution in [3.05, 3.63) is 52.8 Å². The van der Waals surface area contributed by atoms with E-state index in [2.05, 4.69) is 9.88 Å². The number of ether oxygens (including phenoxy) is 1. The van der Waals surface area contributed by atoms with Crippen LogP contribution in [0.3, 0.4) is 0 Å². The first-order valence-electron chi connectivity index (χ1n) is 10.2. The highest BCUT2D eigenvalue weighted by Gasteiger charge is 2.35. The summed E-state index contributed by atoms with van der Waals surface area (Å²) in [4.78, 5) is 6.50. The predicted molar refractivity (Wildman–Crippen MR) is 118 cm³/mol. The van der Waals surface area contributed by atoms with E-state index in [4.69, 9.17) is 27.9 Å². The molecule has 2 aliphatic rings. The second-order valence-electron chi connectivity index (χ2n) is 7.72. The summed E-state index contributed by atoms with van der Waals surface area (Å²) in [5.41, 5.74) is 0. The third kappa shape index (κ3) is 4.75. The molecule has 0 aliphatic carbocycles. The number of aromatic nitrogens is 1. The summed E-state index contributed by atoms with van der Waals surface area (Å²) < 4.78 is 33.7. The van der Waals surface area contributed by atoms with Crippen molar-refractivity contribution >= 4 is 33.2 Å². The average molecular weight is 470 g/mol. The quantitative estimate of drug-likeness (QED) is 0.659. The van der Waals surface area contributed by atoms with Gasteiger partial charge in [0.05, 0.1) is 10.0 Å². The van der Waals surface area contributed by atoms with Gasteiger partial charge < -0.3 is 9.64 Å². The Bertz CT molecular complexity index is 938. The number of hydrogen-bond acceptors (Lipinski definition) is 5. The lowest BCUT2D eigenvalue weighted by atomic mass is 10.00. The average Bonchev–Trinajstić information content (AvgIpc) is 2.75. The van der Waals surface area contributed by atoms with Crippen LogP contribution in [0.2, 0.25) is 10.0 Å². The molecule has 2 aliphatic heterocycles. The van der Waals surface area contributed by atoms with E-state index in [1.54, 1.807) is 30.6 Å². The number of benzene rings is 1. The predicted octanol–water partition coefficient (Wildman–Crippen LogP) is 4.08. The number of sulfonamides is 1. The molecule has 0 amide bonds. The van der Waals surface area contributed by atoms with Crippen molar-refractivity contribution in [2.45, 2.75) is 42.7 Å². The molecule has 0 radical (unpaired) electrons. The Morgan fingerprint density at radius 2 is 1.50 bits per heavy atom. The molecule has 6 nitrogen and oxygen atoms in total. The maximum atomic E-state index is 13.1. The Kier molecular flexibility index (Phi) is 6.85. The van der Waals surface area contributed by atoms with Crippen LogP contribution in [0.5, 0.6) is 5.75 Å². The summed E-state index contributed by atoms with van der Waals surface area (Å²) in [6.07, 6.45) is 7.23. The van der Waals surface area contributed by atoms with Crippen LogP contribution in [0.15, 0.2) is 47.6 Å². The number of likely N-dealkylation sites (tertiary alicyclic amines) is 1. The molecule has 0 N–H and O–H groups in total. The lowest BCUT2D eigenvalue weighted by molar-refractivity contribution is 0.0585. The minimum atomic E-state index is -3.70. The van der Waals surface area contributed by atoms with Gasteiger partial charge in [-0.3, -0.25) is 4.98 Å². The largest absolute Gasteiger partial charge is 0.490 e. The second-order valence-corrected chi connectivity index (χ2v) is 10.4. The van der Waals surface area contributed by atoms with Gasteiger partial charge in [0, 0.05) is 44.6 Å². The van der Waals surface area contributed by atoms with Crippen LogP contribution in [-0.4, -0.2) is 60.9 Å². The molecule has 0 unspecified atom stereocenters. The van der Waals surface area contributed by atoms with Gasteiger partial charge in [-0.2, -0.15) is 4.31 Å². The van der Waals surface area contributed by atoms with Crippen LogP contribution in [-0.2, 0) is 10.0 Å². The van der Waals surface area contributed by atoms with Gasteiger partial charge in [0.25, 0.3) is 0 Å². The molecule has 0 saturated carbocycles. The van der Waals surface area contributed by atoms with Crippen molar-refractivity contribution in [1.82, 2.24) is 14.2 Å². The first-order valence-corrected chi connectivity index (χ1v) is 12.4. The van der Waals surface area contributed by atoms with Crippen molar-refractivity contribution in [3.63, 3.8) is 0 Å². The molecule has 9 heteroatoms.